The topological polar surface area (TPSA) is 20.2 Å². The molecule has 1 unspecified atom stereocenters. The molecule has 2 heteroatoms. The van der Waals surface area contributed by atoms with Crippen LogP contribution < -0.4 is 0 Å². The van der Waals surface area contributed by atoms with Gasteiger partial charge in [-0.05, 0) is 30.2 Å². The van der Waals surface area contributed by atoms with E-state index in [9.17, 15) is 9.50 Å². The Kier molecular flexibility index (Phi) is 3.25. The quantitative estimate of drug-likeness (QED) is 0.858. The molecule has 0 bridgehead atoms. The van der Waals surface area contributed by atoms with Crippen molar-refractivity contribution in [3.8, 4) is 0 Å². The first-order valence-electron chi connectivity index (χ1n) is 5.60. The second kappa shape index (κ2) is 4.68. The fraction of sp³-hybridized carbons (Fsp3) is 0.200. The molecule has 0 saturated heterocycles. The van der Waals surface area contributed by atoms with Gasteiger partial charge in [0.1, 0.15) is 5.82 Å². The summed E-state index contributed by atoms with van der Waals surface area (Å²) in [4.78, 5) is 0. The van der Waals surface area contributed by atoms with Gasteiger partial charge in [0.2, 0.25) is 0 Å². The normalized spacial score (nSPS) is 14.3. The van der Waals surface area contributed by atoms with Gasteiger partial charge < -0.3 is 5.11 Å². The van der Waals surface area contributed by atoms with Crippen molar-refractivity contribution in [1.82, 2.24) is 0 Å². The van der Waals surface area contributed by atoms with Crippen molar-refractivity contribution in [3.63, 3.8) is 0 Å². The Morgan fingerprint density at radius 1 is 1.00 bits per heavy atom. The molecule has 1 N–H and O–H groups in total. The minimum absolute atomic E-state index is 0.256. The van der Waals surface area contributed by atoms with Crippen LogP contribution in [0, 0.1) is 5.82 Å². The summed E-state index contributed by atoms with van der Waals surface area (Å²) in [5.74, 6) is -0.256. The van der Waals surface area contributed by atoms with E-state index in [2.05, 4.69) is 0 Å². The molecule has 1 nitrogen and oxygen atoms in total. The van der Waals surface area contributed by atoms with Gasteiger partial charge in [-0.3, -0.25) is 0 Å². The van der Waals surface area contributed by atoms with E-state index < -0.39 is 5.60 Å². The molecule has 0 amide bonds. The third kappa shape index (κ3) is 2.92. The molecule has 0 spiro atoms. The third-order valence-electron chi connectivity index (χ3n) is 2.86. The Morgan fingerprint density at radius 2 is 1.59 bits per heavy atom. The highest BCUT2D eigenvalue weighted by Crippen LogP contribution is 2.24. The van der Waals surface area contributed by atoms with Crippen LogP contribution in [0.1, 0.15) is 18.1 Å². The van der Waals surface area contributed by atoms with Gasteiger partial charge in [0, 0.05) is 6.42 Å². The summed E-state index contributed by atoms with van der Waals surface area (Å²) in [6, 6.07) is 15.7. The molecule has 88 valence electrons. The first-order valence-corrected chi connectivity index (χ1v) is 5.60. The van der Waals surface area contributed by atoms with E-state index in [1.165, 1.54) is 12.1 Å². The number of rotatable bonds is 3. The van der Waals surface area contributed by atoms with Gasteiger partial charge >= 0.3 is 0 Å². The lowest BCUT2D eigenvalue weighted by atomic mass is 9.89. The summed E-state index contributed by atoms with van der Waals surface area (Å²) in [6.45, 7) is 1.77. The van der Waals surface area contributed by atoms with E-state index in [1.54, 1.807) is 19.1 Å². The van der Waals surface area contributed by atoms with Crippen LogP contribution in [-0.2, 0) is 12.0 Å². The van der Waals surface area contributed by atoms with E-state index in [4.69, 9.17) is 0 Å². The summed E-state index contributed by atoms with van der Waals surface area (Å²) in [5.41, 5.74) is 0.851. The lowest BCUT2D eigenvalue weighted by Crippen LogP contribution is -2.24. The monoisotopic (exact) mass is 230 g/mol. The van der Waals surface area contributed by atoms with Crippen molar-refractivity contribution in [3.05, 3.63) is 71.5 Å². The van der Waals surface area contributed by atoms with Gasteiger partial charge in [-0.25, -0.2) is 4.39 Å². The lowest BCUT2D eigenvalue weighted by Gasteiger charge is -2.24. The zero-order valence-electron chi connectivity index (χ0n) is 9.73. The molecule has 2 rings (SSSR count). The minimum Gasteiger partial charge on any atom is -0.385 e. The van der Waals surface area contributed by atoms with Gasteiger partial charge in [-0.1, -0.05) is 42.5 Å². The van der Waals surface area contributed by atoms with Crippen LogP contribution in [0.2, 0.25) is 0 Å². The number of aliphatic hydroxyl groups is 1. The number of hydrogen-bond donors (Lipinski definition) is 1. The number of halogens is 1. The Labute approximate surface area is 101 Å². The van der Waals surface area contributed by atoms with Gasteiger partial charge in [0.05, 0.1) is 5.60 Å². The zero-order valence-corrected chi connectivity index (χ0v) is 9.73. The van der Waals surface area contributed by atoms with Gasteiger partial charge in [0.25, 0.3) is 0 Å². The fourth-order valence-electron chi connectivity index (χ4n) is 1.90. The van der Waals surface area contributed by atoms with Crippen LogP contribution in [0.25, 0.3) is 0 Å². The van der Waals surface area contributed by atoms with Crippen LogP contribution >= 0.6 is 0 Å². The first-order chi connectivity index (χ1) is 8.08. The van der Waals surface area contributed by atoms with Gasteiger partial charge in [-0.15, -0.1) is 0 Å². The molecule has 0 aromatic heterocycles. The van der Waals surface area contributed by atoms with E-state index in [1.807, 2.05) is 30.3 Å². The first kappa shape index (κ1) is 11.8. The molecule has 0 aliphatic rings. The largest absolute Gasteiger partial charge is 0.385 e. The van der Waals surface area contributed by atoms with Gasteiger partial charge in [-0.2, -0.15) is 0 Å². The molecular weight excluding hydrogens is 215 g/mol. The molecule has 0 radical (unpaired) electrons. The highest BCUT2D eigenvalue weighted by Gasteiger charge is 2.22. The molecule has 0 fully saturated rings. The van der Waals surface area contributed by atoms with E-state index >= 15 is 0 Å². The average Bonchev–Trinajstić information content (AvgIpc) is 2.33. The van der Waals surface area contributed by atoms with E-state index in [0.717, 1.165) is 11.1 Å². The highest BCUT2D eigenvalue weighted by atomic mass is 19.1. The Morgan fingerprint density at radius 3 is 2.18 bits per heavy atom. The Hall–Kier alpha value is -1.67. The maximum Gasteiger partial charge on any atom is 0.123 e. The summed E-state index contributed by atoms with van der Waals surface area (Å²) >= 11 is 0. The van der Waals surface area contributed by atoms with Crippen LogP contribution in [0.15, 0.2) is 54.6 Å². The summed E-state index contributed by atoms with van der Waals surface area (Å²) < 4.78 is 12.8. The van der Waals surface area contributed by atoms with Crippen molar-refractivity contribution in [2.75, 3.05) is 0 Å². The highest BCUT2D eigenvalue weighted by molar-refractivity contribution is 5.26. The standard InChI is InChI=1S/C15H15FO/c1-15(17,13-5-3-2-4-6-13)11-12-7-9-14(16)10-8-12/h2-10,17H,11H2,1H3. The molecule has 2 aromatic carbocycles. The van der Waals surface area contributed by atoms with Crippen molar-refractivity contribution < 1.29 is 9.50 Å². The second-order valence-electron chi connectivity index (χ2n) is 4.44. The number of hydrogen-bond acceptors (Lipinski definition) is 1. The van der Waals surface area contributed by atoms with E-state index in [0.29, 0.717) is 6.42 Å². The average molecular weight is 230 g/mol. The van der Waals surface area contributed by atoms with Crippen LogP contribution in [-0.4, -0.2) is 5.11 Å². The SMILES string of the molecule is CC(O)(Cc1ccc(F)cc1)c1ccccc1. The Balaban J connectivity index is 2.20. The van der Waals surface area contributed by atoms with Gasteiger partial charge in [0.15, 0.2) is 0 Å². The molecule has 0 heterocycles. The second-order valence-corrected chi connectivity index (χ2v) is 4.44. The molecule has 0 saturated carbocycles. The van der Waals surface area contributed by atoms with Crippen molar-refractivity contribution in [1.29, 1.82) is 0 Å². The molecular formula is C15H15FO. The molecule has 2 aromatic rings. The third-order valence-corrected chi connectivity index (χ3v) is 2.86. The lowest BCUT2D eigenvalue weighted by molar-refractivity contribution is 0.0576. The fourth-order valence-corrected chi connectivity index (χ4v) is 1.90. The summed E-state index contributed by atoms with van der Waals surface area (Å²) in [6.07, 6.45) is 0.470. The zero-order chi connectivity index (χ0) is 12.3. The van der Waals surface area contributed by atoms with Crippen molar-refractivity contribution in [2.45, 2.75) is 18.9 Å². The molecule has 0 aliphatic carbocycles. The Bertz CT molecular complexity index is 474. The maximum atomic E-state index is 12.8. The van der Waals surface area contributed by atoms with Crippen molar-refractivity contribution >= 4 is 0 Å². The minimum atomic E-state index is -0.931. The summed E-state index contributed by atoms with van der Waals surface area (Å²) in [7, 11) is 0. The predicted octanol–water partition coefficient (Wildman–Crippen LogP) is 3.28. The molecule has 1 atom stereocenters. The van der Waals surface area contributed by atoms with Crippen LogP contribution in [0.5, 0.6) is 0 Å². The van der Waals surface area contributed by atoms with Crippen LogP contribution in [0.3, 0.4) is 0 Å². The predicted molar refractivity (Wildman–Crippen MR) is 66.1 cm³/mol. The smallest absolute Gasteiger partial charge is 0.123 e. The maximum absolute atomic E-state index is 12.8. The van der Waals surface area contributed by atoms with E-state index in [-0.39, 0.29) is 5.82 Å². The van der Waals surface area contributed by atoms with Crippen molar-refractivity contribution in [2.24, 2.45) is 0 Å². The van der Waals surface area contributed by atoms with Crippen LogP contribution in [0.4, 0.5) is 4.39 Å². The molecule has 17 heavy (non-hydrogen) atoms. The number of benzene rings is 2. The summed E-state index contributed by atoms with van der Waals surface area (Å²) in [5, 5.41) is 10.4. The molecule has 0 aliphatic heterocycles.